The number of nitrogens with zero attached hydrogens (tertiary/aromatic N) is 3. The van der Waals surface area contributed by atoms with E-state index in [1.807, 2.05) is 60.7 Å². The Morgan fingerprint density at radius 2 is 1.68 bits per heavy atom. The van der Waals surface area contributed by atoms with E-state index in [-0.39, 0.29) is 30.9 Å². The van der Waals surface area contributed by atoms with Crippen molar-refractivity contribution in [1.29, 1.82) is 0 Å². The molecule has 3 aromatic carbocycles. The van der Waals surface area contributed by atoms with Gasteiger partial charge in [0, 0.05) is 36.2 Å². The molecule has 5 aromatic rings. The Balaban J connectivity index is 1.62. The summed E-state index contributed by atoms with van der Waals surface area (Å²) in [4.78, 5) is 32.2. The van der Waals surface area contributed by atoms with Gasteiger partial charge in [-0.25, -0.2) is 4.79 Å². The third-order valence-electron chi connectivity index (χ3n) is 7.39. The first-order valence-electron chi connectivity index (χ1n) is 13.0. The number of aromatic nitrogens is 2. The average Bonchev–Trinajstić information content (AvgIpc) is 3.33. The summed E-state index contributed by atoms with van der Waals surface area (Å²) in [6.07, 6.45) is -2.71. The monoisotopic (exact) mass is 555 g/mol. The standard InChI is InChI=1S/C32H24F3N3O3/c33-32(34,35)25-13-5-10-22(16-25)28-24(15-23-11-4-9-21-12-6-14-36-29(21)23)17-27(39)38-26(31(40)41)19-37(30(28)38)18-20-7-2-1-3-8-20/h1-14,16-17,26H,15,18-19H2,(H,40,41). The molecular formula is C32H24F3N3O3. The molecule has 0 spiro atoms. The fourth-order valence-electron chi connectivity index (χ4n) is 5.60. The second-order valence-electron chi connectivity index (χ2n) is 10.0. The number of hydrogen-bond donors (Lipinski definition) is 1. The molecule has 2 aromatic heterocycles. The van der Waals surface area contributed by atoms with Gasteiger partial charge in [0.25, 0.3) is 5.56 Å². The lowest BCUT2D eigenvalue weighted by Crippen LogP contribution is -2.28. The van der Waals surface area contributed by atoms with Gasteiger partial charge in [0.2, 0.25) is 0 Å². The summed E-state index contributed by atoms with van der Waals surface area (Å²) in [5, 5.41) is 10.9. The molecule has 206 valence electrons. The zero-order valence-corrected chi connectivity index (χ0v) is 21.7. The quantitative estimate of drug-likeness (QED) is 0.266. The largest absolute Gasteiger partial charge is 0.480 e. The molecule has 1 N–H and O–H groups in total. The highest BCUT2D eigenvalue weighted by molar-refractivity contribution is 5.86. The normalized spacial score (nSPS) is 14.8. The molecule has 0 amide bonds. The lowest BCUT2D eigenvalue weighted by molar-refractivity contribution is -0.140. The van der Waals surface area contributed by atoms with Crippen molar-refractivity contribution in [2.45, 2.75) is 25.2 Å². The summed E-state index contributed by atoms with van der Waals surface area (Å²) in [5.74, 6) is -0.902. The maximum atomic E-state index is 13.8. The number of carbonyl (C=O) groups is 1. The van der Waals surface area contributed by atoms with Gasteiger partial charge in [0.15, 0.2) is 6.04 Å². The number of para-hydroxylation sites is 1. The zero-order chi connectivity index (χ0) is 28.7. The minimum atomic E-state index is -4.59. The molecule has 1 atom stereocenters. The van der Waals surface area contributed by atoms with Crippen molar-refractivity contribution in [2.24, 2.45) is 0 Å². The van der Waals surface area contributed by atoms with E-state index in [1.165, 1.54) is 16.7 Å². The van der Waals surface area contributed by atoms with Gasteiger partial charge in [-0.1, -0.05) is 66.7 Å². The van der Waals surface area contributed by atoms with Crippen LogP contribution in [0.15, 0.2) is 102 Å². The van der Waals surface area contributed by atoms with Gasteiger partial charge in [-0.3, -0.25) is 14.3 Å². The third kappa shape index (κ3) is 4.95. The summed E-state index contributed by atoms with van der Waals surface area (Å²) < 4.78 is 42.7. The molecule has 0 saturated heterocycles. The lowest BCUT2D eigenvalue weighted by atomic mass is 9.93. The summed E-state index contributed by atoms with van der Waals surface area (Å²) in [5.41, 5.74) is 2.15. The molecule has 1 unspecified atom stereocenters. The maximum absolute atomic E-state index is 13.8. The van der Waals surface area contributed by atoms with E-state index >= 15 is 0 Å². The van der Waals surface area contributed by atoms with Gasteiger partial charge >= 0.3 is 12.1 Å². The number of pyridine rings is 2. The smallest absolute Gasteiger partial charge is 0.416 e. The van der Waals surface area contributed by atoms with Gasteiger partial charge < -0.3 is 10.0 Å². The van der Waals surface area contributed by atoms with E-state index in [0.717, 1.165) is 34.2 Å². The van der Waals surface area contributed by atoms with Crippen LogP contribution in [0.1, 0.15) is 28.3 Å². The van der Waals surface area contributed by atoms with Crippen molar-refractivity contribution in [2.75, 3.05) is 11.4 Å². The Bertz CT molecular complexity index is 1830. The van der Waals surface area contributed by atoms with Gasteiger partial charge in [-0.15, -0.1) is 0 Å². The highest BCUT2D eigenvalue weighted by atomic mass is 19.4. The van der Waals surface area contributed by atoms with Crippen LogP contribution in [-0.2, 0) is 23.9 Å². The van der Waals surface area contributed by atoms with E-state index in [0.29, 0.717) is 11.1 Å². The summed E-state index contributed by atoms with van der Waals surface area (Å²) in [6, 6.07) is 23.8. The highest BCUT2D eigenvalue weighted by Gasteiger charge is 2.38. The minimum Gasteiger partial charge on any atom is -0.480 e. The molecule has 0 fully saturated rings. The fraction of sp³-hybridized carbons (Fsp3) is 0.156. The number of benzene rings is 3. The highest BCUT2D eigenvalue weighted by Crippen LogP contribution is 2.42. The number of halogens is 3. The Morgan fingerprint density at radius 1 is 0.927 bits per heavy atom. The number of alkyl halides is 3. The van der Waals surface area contributed by atoms with E-state index in [4.69, 9.17) is 0 Å². The molecule has 1 aliphatic heterocycles. The van der Waals surface area contributed by atoms with Crippen molar-refractivity contribution in [3.05, 3.63) is 130 Å². The summed E-state index contributed by atoms with van der Waals surface area (Å²) in [6.45, 7) is 0.264. The first kappa shape index (κ1) is 26.3. The van der Waals surface area contributed by atoms with Crippen LogP contribution in [0.5, 0.6) is 0 Å². The second kappa shape index (κ2) is 10.2. The molecular weight excluding hydrogens is 531 g/mol. The number of anilines is 1. The Labute approximate surface area is 232 Å². The van der Waals surface area contributed by atoms with Crippen LogP contribution in [0.25, 0.3) is 22.0 Å². The zero-order valence-electron chi connectivity index (χ0n) is 21.7. The first-order valence-corrected chi connectivity index (χ1v) is 13.0. The minimum absolute atomic E-state index is 0.00922. The molecule has 6 rings (SSSR count). The van der Waals surface area contributed by atoms with Gasteiger partial charge in [0.05, 0.1) is 17.6 Å². The summed E-state index contributed by atoms with van der Waals surface area (Å²) in [7, 11) is 0. The number of aliphatic carboxylic acids is 1. The van der Waals surface area contributed by atoms with Crippen LogP contribution in [0, 0.1) is 0 Å². The van der Waals surface area contributed by atoms with Crippen LogP contribution in [0.3, 0.4) is 0 Å². The van der Waals surface area contributed by atoms with Crippen LogP contribution < -0.4 is 10.5 Å². The van der Waals surface area contributed by atoms with Crippen LogP contribution >= 0.6 is 0 Å². The molecule has 41 heavy (non-hydrogen) atoms. The Kier molecular flexibility index (Phi) is 6.57. The molecule has 6 nitrogen and oxygen atoms in total. The molecule has 1 aliphatic rings. The van der Waals surface area contributed by atoms with Crippen molar-refractivity contribution >= 4 is 22.7 Å². The van der Waals surface area contributed by atoms with Crippen LogP contribution in [-0.4, -0.2) is 27.2 Å². The third-order valence-corrected chi connectivity index (χ3v) is 7.39. The SMILES string of the molecule is O=C(O)C1CN(Cc2ccccc2)c2c(-c3cccc(C(F)(F)F)c3)c(Cc3cccc4cccnc34)cc(=O)n21. The maximum Gasteiger partial charge on any atom is 0.416 e. The van der Waals surface area contributed by atoms with Crippen molar-refractivity contribution in [3.63, 3.8) is 0 Å². The number of carboxylic acids is 1. The van der Waals surface area contributed by atoms with Gasteiger partial charge in [-0.05, 0) is 40.5 Å². The van der Waals surface area contributed by atoms with Crippen molar-refractivity contribution in [3.8, 4) is 11.1 Å². The average molecular weight is 556 g/mol. The van der Waals surface area contributed by atoms with Crippen molar-refractivity contribution < 1.29 is 23.1 Å². The van der Waals surface area contributed by atoms with E-state index in [1.54, 1.807) is 17.2 Å². The second-order valence-corrected chi connectivity index (χ2v) is 10.0. The fourth-order valence-corrected chi connectivity index (χ4v) is 5.60. The molecule has 0 saturated carbocycles. The predicted molar refractivity (Wildman–Crippen MR) is 150 cm³/mol. The number of fused-ring (bicyclic) bond motifs is 2. The van der Waals surface area contributed by atoms with Crippen LogP contribution in [0.2, 0.25) is 0 Å². The molecule has 0 aliphatic carbocycles. The molecule has 9 heteroatoms. The number of carboxylic acid groups (broad SMARTS) is 1. The van der Waals surface area contributed by atoms with E-state index in [9.17, 15) is 27.9 Å². The topological polar surface area (TPSA) is 75.4 Å². The van der Waals surface area contributed by atoms with Crippen molar-refractivity contribution in [1.82, 2.24) is 9.55 Å². The van der Waals surface area contributed by atoms with Crippen LogP contribution in [0.4, 0.5) is 19.0 Å². The number of rotatable bonds is 6. The summed E-state index contributed by atoms with van der Waals surface area (Å²) >= 11 is 0. The van der Waals surface area contributed by atoms with Gasteiger partial charge in [0.1, 0.15) is 5.82 Å². The number of hydrogen-bond acceptors (Lipinski definition) is 4. The van der Waals surface area contributed by atoms with Gasteiger partial charge in [-0.2, -0.15) is 13.2 Å². The lowest BCUT2D eigenvalue weighted by Gasteiger charge is -2.24. The van der Waals surface area contributed by atoms with E-state index in [2.05, 4.69) is 4.98 Å². The molecule has 3 heterocycles. The van der Waals surface area contributed by atoms with E-state index < -0.39 is 29.3 Å². The molecule has 0 bridgehead atoms. The Morgan fingerprint density at radius 3 is 2.44 bits per heavy atom. The first-order chi connectivity index (χ1) is 19.7. The Hall–Kier alpha value is -4.92. The predicted octanol–water partition coefficient (Wildman–Crippen LogP) is 6.32. The molecule has 0 radical (unpaired) electrons.